The number of benzene rings is 1. The summed E-state index contributed by atoms with van der Waals surface area (Å²) < 4.78 is 11.0. The highest BCUT2D eigenvalue weighted by Crippen LogP contribution is 2.25. The Morgan fingerprint density at radius 1 is 1.10 bits per heavy atom. The molecular weight excluding hydrogens is 378 g/mol. The van der Waals surface area contributed by atoms with Crippen LogP contribution in [0.2, 0.25) is 0 Å². The number of methoxy groups -OCH3 is 1. The number of likely N-dealkylation sites (tertiary alicyclic amines) is 1. The van der Waals surface area contributed by atoms with E-state index in [0.717, 1.165) is 37.1 Å². The van der Waals surface area contributed by atoms with Gasteiger partial charge in [0.2, 0.25) is 0 Å². The number of hydrogen-bond donors (Lipinski definition) is 2. The van der Waals surface area contributed by atoms with Gasteiger partial charge in [-0.25, -0.2) is 0 Å². The summed E-state index contributed by atoms with van der Waals surface area (Å²) in [5.41, 5.74) is 1.29. The fourth-order valence-electron chi connectivity index (χ4n) is 3.70. The van der Waals surface area contributed by atoms with E-state index in [1.54, 1.807) is 26.6 Å². The lowest BCUT2D eigenvalue weighted by Crippen LogP contribution is -2.45. The lowest BCUT2D eigenvalue weighted by molar-refractivity contribution is 0.164. The van der Waals surface area contributed by atoms with Crippen molar-refractivity contribution in [3.05, 3.63) is 54.4 Å². The number of pyridine rings is 1. The maximum Gasteiger partial charge on any atom is 0.191 e. The van der Waals surface area contributed by atoms with E-state index in [1.165, 1.54) is 24.8 Å². The van der Waals surface area contributed by atoms with Gasteiger partial charge in [-0.2, -0.15) is 0 Å². The first-order chi connectivity index (χ1) is 14.8. The molecular formula is C23H33N5O2. The molecule has 7 heteroatoms. The summed E-state index contributed by atoms with van der Waals surface area (Å²) in [6.45, 7) is 4.24. The van der Waals surface area contributed by atoms with Crippen LogP contribution < -0.4 is 20.1 Å². The van der Waals surface area contributed by atoms with Crippen LogP contribution in [0.5, 0.6) is 11.5 Å². The molecule has 1 unspecified atom stereocenters. The number of aromatic nitrogens is 1. The van der Waals surface area contributed by atoms with Gasteiger partial charge in [0, 0.05) is 19.8 Å². The average molecular weight is 412 g/mol. The monoisotopic (exact) mass is 411 g/mol. The molecule has 2 N–H and O–H groups in total. The predicted molar refractivity (Wildman–Crippen MR) is 120 cm³/mol. The number of nitrogens with one attached hydrogen (secondary N) is 2. The van der Waals surface area contributed by atoms with E-state index in [0.29, 0.717) is 19.2 Å². The molecule has 0 amide bonds. The summed E-state index contributed by atoms with van der Waals surface area (Å²) >= 11 is 0. The van der Waals surface area contributed by atoms with E-state index in [4.69, 9.17) is 9.47 Å². The minimum Gasteiger partial charge on any atom is -0.497 e. The van der Waals surface area contributed by atoms with Crippen molar-refractivity contribution in [2.45, 2.75) is 25.3 Å². The van der Waals surface area contributed by atoms with Crippen molar-refractivity contribution in [3.63, 3.8) is 0 Å². The van der Waals surface area contributed by atoms with Crippen molar-refractivity contribution >= 4 is 5.96 Å². The third-order valence-corrected chi connectivity index (χ3v) is 5.32. The summed E-state index contributed by atoms with van der Waals surface area (Å²) in [5.74, 6) is 2.43. The molecule has 1 aliphatic heterocycles. The van der Waals surface area contributed by atoms with Crippen molar-refractivity contribution in [3.8, 4) is 11.5 Å². The number of rotatable bonds is 9. The second-order valence-corrected chi connectivity index (χ2v) is 7.30. The van der Waals surface area contributed by atoms with E-state index in [-0.39, 0.29) is 0 Å². The van der Waals surface area contributed by atoms with E-state index < -0.39 is 0 Å². The number of ether oxygens (including phenoxy) is 2. The summed E-state index contributed by atoms with van der Waals surface area (Å²) in [4.78, 5) is 11.0. The van der Waals surface area contributed by atoms with Crippen LogP contribution in [0, 0.1) is 0 Å². The summed E-state index contributed by atoms with van der Waals surface area (Å²) in [5, 5.41) is 6.81. The third kappa shape index (κ3) is 6.62. The molecule has 0 radical (unpaired) electrons. The normalized spacial score (nSPS) is 16.0. The van der Waals surface area contributed by atoms with Crippen LogP contribution in [-0.2, 0) is 0 Å². The molecule has 2 aromatic rings. The van der Waals surface area contributed by atoms with Gasteiger partial charge < -0.3 is 20.1 Å². The van der Waals surface area contributed by atoms with Gasteiger partial charge in [0.25, 0.3) is 0 Å². The van der Waals surface area contributed by atoms with Gasteiger partial charge in [-0.3, -0.25) is 14.9 Å². The van der Waals surface area contributed by atoms with Crippen LogP contribution in [0.15, 0.2) is 53.8 Å². The average Bonchev–Trinajstić information content (AvgIpc) is 2.82. The Kier molecular flexibility index (Phi) is 8.78. The van der Waals surface area contributed by atoms with Crippen LogP contribution >= 0.6 is 0 Å². The minimum atomic E-state index is 0.293. The highest BCUT2D eigenvalue weighted by molar-refractivity contribution is 5.79. The fraction of sp³-hybridized carbons (Fsp3) is 0.478. The zero-order valence-electron chi connectivity index (χ0n) is 18.0. The Morgan fingerprint density at radius 2 is 1.90 bits per heavy atom. The molecule has 162 valence electrons. The molecule has 1 atom stereocenters. The molecule has 7 nitrogen and oxygen atoms in total. The van der Waals surface area contributed by atoms with E-state index in [1.807, 2.05) is 24.3 Å². The van der Waals surface area contributed by atoms with Gasteiger partial charge in [-0.15, -0.1) is 0 Å². The molecule has 1 saturated heterocycles. The Labute approximate surface area is 179 Å². The topological polar surface area (TPSA) is 71.0 Å². The van der Waals surface area contributed by atoms with Gasteiger partial charge in [0.15, 0.2) is 5.96 Å². The lowest BCUT2D eigenvalue weighted by atomic mass is 10.0. The first kappa shape index (κ1) is 21.9. The van der Waals surface area contributed by atoms with Crippen molar-refractivity contribution in [1.82, 2.24) is 20.5 Å². The van der Waals surface area contributed by atoms with Crippen molar-refractivity contribution in [2.75, 3.05) is 46.9 Å². The Hall–Kier alpha value is -2.80. The molecule has 1 aliphatic rings. The molecule has 30 heavy (non-hydrogen) atoms. The molecule has 0 spiro atoms. The number of piperidine rings is 1. The number of hydrogen-bond acceptors (Lipinski definition) is 5. The standard InChI is InChI=1S/C23H33N5O2/c1-24-23(26-13-16-30-21-7-6-12-25-17-21)27-18-22(28-14-4-3-5-15-28)19-8-10-20(29-2)11-9-19/h6-12,17,22H,3-5,13-16,18H2,1-2H3,(H2,24,26,27). The molecule has 1 aromatic heterocycles. The summed E-state index contributed by atoms with van der Waals surface area (Å²) in [6, 6.07) is 12.5. The minimum absolute atomic E-state index is 0.293. The van der Waals surface area contributed by atoms with Gasteiger partial charge in [0.05, 0.1) is 25.9 Å². The predicted octanol–water partition coefficient (Wildman–Crippen LogP) is 2.86. The van der Waals surface area contributed by atoms with Gasteiger partial charge >= 0.3 is 0 Å². The lowest BCUT2D eigenvalue weighted by Gasteiger charge is -2.35. The first-order valence-electron chi connectivity index (χ1n) is 10.7. The maximum atomic E-state index is 5.68. The smallest absolute Gasteiger partial charge is 0.191 e. The molecule has 0 aliphatic carbocycles. The molecule has 3 rings (SSSR count). The molecule has 2 heterocycles. The van der Waals surface area contributed by atoms with Crippen LogP contribution in [0.1, 0.15) is 30.9 Å². The molecule has 0 bridgehead atoms. The molecule has 1 aromatic carbocycles. The van der Waals surface area contributed by atoms with Gasteiger partial charge in [0.1, 0.15) is 18.1 Å². The highest BCUT2D eigenvalue weighted by Gasteiger charge is 2.22. The van der Waals surface area contributed by atoms with Crippen LogP contribution in [0.4, 0.5) is 0 Å². The second kappa shape index (κ2) is 12.0. The maximum absolute atomic E-state index is 5.68. The van der Waals surface area contributed by atoms with Gasteiger partial charge in [-0.05, 0) is 55.8 Å². The third-order valence-electron chi connectivity index (χ3n) is 5.32. The number of nitrogens with zero attached hydrogens (tertiary/aromatic N) is 3. The van der Waals surface area contributed by atoms with Crippen LogP contribution in [-0.4, -0.2) is 62.8 Å². The Morgan fingerprint density at radius 3 is 2.57 bits per heavy atom. The van der Waals surface area contributed by atoms with Crippen molar-refractivity contribution in [1.29, 1.82) is 0 Å². The number of aliphatic imine (C=N–C) groups is 1. The Bertz CT molecular complexity index is 761. The SMILES string of the molecule is CN=C(NCCOc1cccnc1)NCC(c1ccc(OC)cc1)N1CCCCC1. The van der Waals surface area contributed by atoms with E-state index in [2.05, 4.69) is 37.6 Å². The fourth-order valence-corrected chi connectivity index (χ4v) is 3.70. The second-order valence-electron chi connectivity index (χ2n) is 7.30. The Balaban J connectivity index is 1.53. The first-order valence-corrected chi connectivity index (χ1v) is 10.7. The zero-order chi connectivity index (χ0) is 21.0. The molecule has 1 fully saturated rings. The zero-order valence-corrected chi connectivity index (χ0v) is 18.0. The van der Waals surface area contributed by atoms with Crippen LogP contribution in [0.3, 0.4) is 0 Å². The van der Waals surface area contributed by atoms with Crippen LogP contribution in [0.25, 0.3) is 0 Å². The van der Waals surface area contributed by atoms with Gasteiger partial charge in [-0.1, -0.05) is 18.6 Å². The summed E-state index contributed by atoms with van der Waals surface area (Å²) in [7, 11) is 3.49. The van der Waals surface area contributed by atoms with E-state index >= 15 is 0 Å². The largest absolute Gasteiger partial charge is 0.497 e. The van der Waals surface area contributed by atoms with Crippen molar-refractivity contribution in [2.24, 2.45) is 4.99 Å². The van der Waals surface area contributed by atoms with Crippen molar-refractivity contribution < 1.29 is 9.47 Å². The van der Waals surface area contributed by atoms with E-state index in [9.17, 15) is 0 Å². The number of guanidine groups is 1. The quantitative estimate of drug-likeness (QED) is 0.376. The molecule has 0 saturated carbocycles. The summed E-state index contributed by atoms with van der Waals surface area (Å²) in [6.07, 6.45) is 7.28. The highest BCUT2D eigenvalue weighted by atomic mass is 16.5.